The molecule has 0 bridgehead atoms. The number of esters is 1. The number of hydrogen-bond acceptors (Lipinski definition) is 7. The van der Waals surface area contributed by atoms with Crippen LogP contribution in [-0.4, -0.2) is 88.4 Å². The molecule has 1 fully saturated rings. The molecule has 1 saturated heterocycles. The van der Waals surface area contributed by atoms with Crippen LogP contribution >= 0.6 is 23.2 Å². The highest BCUT2D eigenvalue weighted by molar-refractivity contribution is 6.43. The molecule has 2 heterocycles. The van der Waals surface area contributed by atoms with Crippen LogP contribution in [0.1, 0.15) is 31.2 Å². The van der Waals surface area contributed by atoms with Crippen molar-refractivity contribution in [1.29, 1.82) is 0 Å². The average Bonchev–Trinajstić information content (AvgIpc) is 2.93. The average molecular weight is 578 g/mol. The third kappa shape index (κ3) is 8.24. The van der Waals surface area contributed by atoms with Crippen LogP contribution in [0.25, 0.3) is 0 Å². The van der Waals surface area contributed by atoms with Crippen LogP contribution in [0.5, 0.6) is 5.75 Å². The number of rotatable bonds is 12. The first-order valence-corrected chi connectivity index (χ1v) is 14.3. The minimum Gasteiger partial charge on any atom is -0.494 e. The predicted octanol–water partition coefficient (Wildman–Crippen LogP) is 4.71. The van der Waals surface area contributed by atoms with Crippen LogP contribution in [0.2, 0.25) is 10.0 Å². The maximum absolute atomic E-state index is 12.6. The number of carbonyl (C=O) groups is 2. The van der Waals surface area contributed by atoms with Gasteiger partial charge in [0, 0.05) is 45.2 Å². The van der Waals surface area contributed by atoms with Gasteiger partial charge in [0.25, 0.3) is 0 Å². The number of ether oxygens (including phenoxy) is 2. The van der Waals surface area contributed by atoms with Crippen LogP contribution in [0.15, 0.2) is 36.4 Å². The maximum Gasteiger partial charge on any atom is 0.308 e. The lowest BCUT2D eigenvalue weighted by atomic mass is 10.0. The van der Waals surface area contributed by atoms with E-state index in [0.717, 1.165) is 68.3 Å². The van der Waals surface area contributed by atoms with Crippen LogP contribution in [-0.2, 0) is 20.7 Å². The maximum atomic E-state index is 12.6. The summed E-state index contributed by atoms with van der Waals surface area (Å²) in [5.41, 5.74) is 2.83. The Labute approximate surface area is 241 Å². The Morgan fingerprint density at radius 1 is 1.00 bits per heavy atom. The summed E-state index contributed by atoms with van der Waals surface area (Å²) in [5, 5.41) is 1.22. The zero-order chi connectivity index (χ0) is 27.8. The van der Waals surface area contributed by atoms with Gasteiger partial charge in [-0.15, -0.1) is 0 Å². The Kier molecular flexibility index (Phi) is 10.7. The minimum atomic E-state index is -0.314. The first-order chi connectivity index (χ1) is 18.8. The molecule has 2 aliphatic rings. The topological polar surface area (TPSA) is 65.6 Å². The van der Waals surface area contributed by atoms with Crippen LogP contribution in [0, 0.1) is 0 Å². The fourth-order valence-electron chi connectivity index (χ4n) is 4.85. The molecule has 0 aromatic heterocycles. The second-order valence-electron chi connectivity index (χ2n) is 10.3. The Hall–Kier alpha value is -2.52. The van der Waals surface area contributed by atoms with Crippen molar-refractivity contribution in [2.45, 2.75) is 32.1 Å². The molecule has 0 spiro atoms. The molecule has 39 heavy (non-hydrogen) atoms. The molecule has 4 rings (SSSR count). The quantitative estimate of drug-likeness (QED) is 0.268. The molecular formula is C29H38Cl2N4O4. The SMILES string of the molecule is CN(C)CCC(=O)OCN1C(=O)CCc2ccc(OCCCCN3CCN(c4cccc(Cl)c4Cl)CC3)cc21. The number of benzene rings is 2. The highest BCUT2D eigenvalue weighted by Crippen LogP contribution is 2.33. The Morgan fingerprint density at radius 2 is 1.79 bits per heavy atom. The number of amides is 1. The fraction of sp³-hybridized carbons (Fsp3) is 0.517. The minimum absolute atomic E-state index is 0.0437. The number of unbranched alkanes of at least 4 members (excludes halogenated alkanes) is 1. The number of anilines is 2. The summed E-state index contributed by atoms with van der Waals surface area (Å²) in [7, 11) is 3.81. The molecule has 0 saturated carbocycles. The van der Waals surface area contributed by atoms with Crippen molar-refractivity contribution in [3.05, 3.63) is 52.0 Å². The predicted molar refractivity (Wildman–Crippen MR) is 156 cm³/mol. The van der Waals surface area contributed by atoms with E-state index < -0.39 is 0 Å². The first-order valence-electron chi connectivity index (χ1n) is 13.6. The van der Waals surface area contributed by atoms with E-state index in [0.29, 0.717) is 36.0 Å². The summed E-state index contributed by atoms with van der Waals surface area (Å²) in [6.45, 7) is 5.97. The molecule has 10 heteroatoms. The van der Waals surface area contributed by atoms with Crippen LogP contribution in [0.3, 0.4) is 0 Å². The van der Waals surface area contributed by atoms with Gasteiger partial charge in [-0.2, -0.15) is 0 Å². The Morgan fingerprint density at radius 3 is 2.56 bits per heavy atom. The number of nitrogens with zero attached hydrogens (tertiary/aromatic N) is 4. The number of hydrogen-bond donors (Lipinski definition) is 0. The fourth-order valence-corrected chi connectivity index (χ4v) is 5.26. The number of piperazine rings is 1. The number of carbonyl (C=O) groups excluding carboxylic acids is 2. The molecule has 2 aliphatic heterocycles. The van der Waals surface area contributed by atoms with Gasteiger partial charge in [-0.1, -0.05) is 35.3 Å². The van der Waals surface area contributed by atoms with E-state index in [1.807, 2.05) is 55.4 Å². The lowest BCUT2D eigenvalue weighted by molar-refractivity contribution is -0.144. The molecule has 8 nitrogen and oxygen atoms in total. The third-order valence-corrected chi connectivity index (χ3v) is 7.97. The molecule has 1 amide bonds. The van der Waals surface area contributed by atoms with Crippen molar-refractivity contribution in [1.82, 2.24) is 9.80 Å². The summed E-state index contributed by atoms with van der Waals surface area (Å²) in [6.07, 6.45) is 3.34. The normalized spacial score (nSPS) is 16.0. The molecule has 0 atom stereocenters. The van der Waals surface area contributed by atoms with E-state index in [9.17, 15) is 9.59 Å². The van der Waals surface area contributed by atoms with Crippen LogP contribution in [0.4, 0.5) is 11.4 Å². The van der Waals surface area contributed by atoms with Crippen molar-refractivity contribution in [2.24, 2.45) is 0 Å². The highest BCUT2D eigenvalue weighted by Gasteiger charge is 2.26. The molecule has 2 aromatic rings. The van der Waals surface area contributed by atoms with Gasteiger partial charge < -0.3 is 19.3 Å². The summed E-state index contributed by atoms with van der Waals surface area (Å²) in [5.74, 6) is 0.364. The lowest BCUT2D eigenvalue weighted by Gasteiger charge is -2.36. The standard InChI is InChI=1S/C29H38Cl2N4O4/c1-32(2)14-12-28(37)39-21-35-26-20-23(10-8-22(26)9-11-27(35)36)38-19-4-3-13-33-15-17-34(18-16-33)25-7-5-6-24(30)29(25)31/h5-8,10,20H,3-4,9,11-19,21H2,1-2H3. The molecule has 212 valence electrons. The largest absolute Gasteiger partial charge is 0.494 e. The van der Waals surface area contributed by atoms with Crippen LogP contribution < -0.4 is 14.5 Å². The molecular weight excluding hydrogens is 539 g/mol. The number of aryl methyl sites for hydroxylation is 1. The van der Waals surface area contributed by atoms with Gasteiger partial charge in [-0.3, -0.25) is 19.4 Å². The van der Waals surface area contributed by atoms with Gasteiger partial charge in [0.15, 0.2) is 6.73 Å². The van der Waals surface area contributed by atoms with E-state index in [-0.39, 0.29) is 25.0 Å². The molecule has 0 radical (unpaired) electrons. The van der Waals surface area contributed by atoms with E-state index in [4.69, 9.17) is 32.7 Å². The van der Waals surface area contributed by atoms with Gasteiger partial charge in [0.05, 0.1) is 34.4 Å². The number of fused-ring (bicyclic) bond motifs is 1. The van der Waals surface area contributed by atoms with E-state index in [1.54, 1.807) is 4.90 Å². The van der Waals surface area contributed by atoms with Crippen molar-refractivity contribution in [2.75, 3.05) is 76.5 Å². The summed E-state index contributed by atoms with van der Waals surface area (Å²) < 4.78 is 11.4. The van der Waals surface area contributed by atoms with E-state index >= 15 is 0 Å². The van der Waals surface area contributed by atoms with E-state index in [1.165, 1.54) is 0 Å². The summed E-state index contributed by atoms with van der Waals surface area (Å²) in [4.78, 5) is 32.9. The van der Waals surface area contributed by atoms with Crippen molar-refractivity contribution in [3.63, 3.8) is 0 Å². The molecule has 2 aromatic carbocycles. The Balaban J connectivity index is 1.19. The second-order valence-corrected chi connectivity index (χ2v) is 11.1. The Bertz CT molecular complexity index is 1140. The van der Waals surface area contributed by atoms with Crippen molar-refractivity contribution >= 4 is 46.5 Å². The van der Waals surface area contributed by atoms with Crippen molar-refractivity contribution < 1.29 is 19.1 Å². The lowest BCUT2D eigenvalue weighted by Crippen LogP contribution is -2.46. The molecule has 0 N–H and O–H groups in total. The molecule has 0 aliphatic carbocycles. The van der Waals surface area contributed by atoms with Gasteiger partial charge in [0.1, 0.15) is 5.75 Å². The highest BCUT2D eigenvalue weighted by atomic mass is 35.5. The second kappa shape index (κ2) is 14.2. The molecule has 0 unspecified atom stereocenters. The van der Waals surface area contributed by atoms with Gasteiger partial charge in [0.2, 0.25) is 5.91 Å². The zero-order valence-corrected chi connectivity index (χ0v) is 24.3. The summed E-state index contributed by atoms with van der Waals surface area (Å²) >= 11 is 12.6. The number of halogens is 2. The van der Waals surface area contributed by atoms with Gasteiger partial charge in [-0.25, -0.2) is 0 Å². The first kappa shape index (κ1) is 29.5. The monoisotopic (exact) mass is 576 g/mol. The van der Waals surface area contributed by atoms with Gasteiger partial charge >= 0.3 is 5.97 Å². The third-order valence-electron chi connectivity index (χ3n) is 7.16. The van der Waals surface area contributed by atoms with Crippen molar-refractivity contribution in [3.8, 4) is 5.75 Å². The van der Waals surface area contributed by atoms with E-state index in [2.05, 4.69) is 9.80 Å². The summed E-state index contributed by atoms with van der Waals surface area (Å²) in [6, 6.07) is 11.6. The zero-order valence-electron chi connectivity index (χ0n) is 22.8. The smallest absolute Gasteiger partial charge is 0.308 e. The van der Waals surface area contributed by atoms with Gasteiger partial charge in [-0.05, 0) is 63.7 Å².